The van der Waals surface area contributed by atoms with E-state index in [0.717, 1.165) is 24.8 Å². The zero-order valence-electron chi connectivity index (χ0n) is 26.5. The highest BCUT2D eigenvalue weighted by Crippen LogP contribution is 2.61. The van der Waals surface area contributed by atoms with Crippen LogP contribution in [0.15, 0.2) is 45.9 Å². The Hall–Kier alpha value is -4.13. The van der Waals surface area contributed by atoms with Gasteiger partial charge in [-0.15, -0.1) is 4.99 Å². The Morgan fingerprint density at radius 2 is 1.80 bits per heavy atom. The highest BCUT2D eigenvalue weighted by Gasteiger charge is 2.63. The fourth-order valence-corrected chi connectivity index (χ4v) is 5.60. The Morgan fingerprint density at radius 1 is 1.11 bits per heavy atom. The van der Waals surface area contributed by atoms with Gasteiger partial charge in [-0.3, -0.25) is 10.2 Å². The zero-order chi connectivity index (χ0) is 31.9. The van der Waals surface area contributed by atoms with Gasteiger partial charge in [0.05, 0.1) is 18.6 Å². The van der Waals surface area contributed by atoms with E-state index in [0.29, 0.717) is 24.6 Å². The smallest absolute Gasteiger partial charge is 0.437 e. The predicted molar refractivity (Wildman–Crippen MR) is 159 cm³/mol. The molecule has 13 heteroatoms. The van der Waals surface area contributed by atoms with Crippen LogP contribution in [0.4, 0.5) is 14.4 Å². The Labute approximate surface area is 257 Å². The minimum absolute atomic E-state index is 0.00183. The molecule has 1 aliphatic carbocycles. The molecule has 1 aromatic heterocycles. The number of guanidine groups is 1. The number of fused-ring (bicyclic) bond motifs is 3. The quantitative estimate of drug-likeness (QED) is 0.337. The third kappa shape index (κ3) is 7.32. The molecule has 2 bridgehead atoms. The number of rotatable bonds is 6. The second kappa shape index (κ2) is 11.8. The minimum atomic E-state index is -0.869. The van der Waals surface area contributed by atoms with Crippen molar-refractivity contribution in [1.29, 1.82) is 0 Å². The Morgan fingerprint density at radius 3 is 2.43 bits per heavy atom. The number of hydrogen-bond acceptors (Lipinski definition) is 8. The van der Waals surface area contributed by atoms with Crippen LogP contribution < -0.4 is 5.32 Å². The molecule has 2 aliphatic heterocycles. The molecule has 238 valence electrons. The van der Waals surface area contributed by atoms with Crippen LogP contribution in [0.1, 0.15) is 83.9 Å². The van der Waals surface area contributed by atoms with E-state index >= 15 is 0 Å². The lowest BCUT2D eigenvalue weighted by molar-refractivity contribution is -0.153. The van der Waals surface area contributed by atoms with Crippen molar-refractivity contribution in [3.05, 3.63) is 53.4 Å². The van der Waals surface area contributed by atoms with E-state index in [4.69, 9.17) is 18.8 Å². The van der Waals surface area contributed by atoms with E-state index < -0.39 is 23.4 Å². The van der Waals surface area contributed by atoms with Crippen molar-refractivity contribution in [1.82, 2.24) is 25.3 Å². The number of nitrogens with one attached hydrogen (secondary N) is 1. The summed E-state index contributed by atoms with van der Waals surface area (Å²) < 4.78 is 16.4. The van der Waals surface area contributed by atoms with Crippen molar-refractivity contribution in [2.24, 2.45) is 10.4 Å². The number of aliphatic imine (C=N–C) groups is 1. The van der Waals surface area contributed by atoms with Crippen LogP contribution >= 0.6 is 0 Å². The van der Waals surface area contributed by atoms with Gasteiger partial charge in [0.15, 0.2) is 5.76 Å². The standard InChI is InChI=1S/C31H42N6O7/c1-29(2,3)42-26(38)32-25(33-27(39)43-30(4,5)6)35(7)17-21-15-22(34-44-21)23-16-31(13-14-31)24-18-36(23)28(40)37(24)41-19-20-11-9-8-10-12-20/h8-12,15,23-24H,13-14,16-19H2,1-7H3,(H,32,33,38,39)/t23-,24+/m0/s1. The number of aromatic nitrogens is 1. The molecule has 0 radical (unpaired) electrons. The molecule has 5 rings (SSSR count). The number of carbonyl (C=O) groups excluding carboxylic acids is 3. The summed E-state index contributed by atoms with van der Waals surface area (Å²) in [4.78, 5) is 52.0. The number of ether oxygens (including phenoxy) is 2. The molecule has 0 unspecified atom stereocenters. The van der Waals surface area contributed by atoms with E-state index in [-0.39, 0.29) is 36.0 Å². The molecule has 3 aliphatic rings. The average molecular weight is 611 g/mol. The maximum absolute atomic E-state index is 13.5. The molecular formula is C31H42N6O7. The molecule has 1 spiro atoms. The fraction of sp³-hybridized carbons (Fsp3) is 0.581. The van der Waals surface area contributed by atoms with E-state index in [1.54, 1.807) is 59.7 Å². The van der Waals surface area contributed by atoms with Crippen molar-refractivity contribution in [2.45, 2.75) is 97.2 Å². The number of amides is 4. The first kappa shape index (κ1) is 31.3. The van der Waals surface area contributed by atoms with Gasteiger partial charge in [-0.2, -0.15) is 5.06 Å². The van der Waals surface area contributed by atoms with E-state index in [1.807, 2.05) is 35.2 Å². The molecule has 3 heterocycles. The van der Waals surface area contributed by atoms with Crippen LogP contribution in [-0.4, -0.2) is 75.0 Å². The summed E-state index contributed by atoms with van der Waals surface area (Å²) in [5.41, 5.74) is 0.0986. The number of piperidine rings is 1. The lowest BCUT2D eigenvalue weighted by Gasteiger charge is -2.35. The molecule has 1 aromatic carbocycles. The van der Waals surface area contributed by atoms with Gasteiger partial charge in [-0.05, 0) is 71.8 Å². The molecule has 2 aromatic rings. The Kier molecular flexibility index (Phi) is 8.36. The first-order valence-electron chi connectivity index (χ1n) is 14.9. The SMILES string of the molecule is CN(Cc1cc([C@@H]2CC3(CC3)[C@H]3CN2C(=O)N3OCc2ccccc2)no1)/C(=N\C(=O)OC(C)(C)C)NC(=O)OC(C)(C)C. The number of hydrogen-bond donors (Lipinski definition) is 1. The molecule has 2 saturated heterocycles. The van der Waals surface area contributed by atoms with Crippen molar-refractivity contribution < 1.29 is 33.2 Å². The maximum atomic E-state index is 13.5. The van der Waals surface area contributed by atoms with Gasteiger partial charge in [0, 0.05) is 19.7 Å². The van der Waals surface area contributed by atoms with Crippen LogP contribution in [0, 0.1) is 5.41 Å². The van der Waals surface area contributed by atoms with Gasteiger partial charge < -0.3 is 23.8 Å². The summed E-state index contributed by atoms with van der Waals surface area (Å²) in [6.45, 7) is 11.4. The highest BCUT2D eigenvalue weighted by atomic mass is 16.7. The van der Waals surface area contributed by atoms with Crippen LogP contribution in [0.5, 0.6) is 0 Å². The van der Waals surface area contributed by atoms with Crippen molar-refractivity contribution in [2.75, 3.05) is 13.6 Å². The van der Waals surface area contributed by atoms with Gasteiger partial charge in [0.1, 0.15) is 23.5 Å². The molecule has 4 amide bonds. The van der Waals surface area contributed by atoms with Crippen LogP contribution in [-0.2, 0) is 27.5 Å². The number of benzene rings is 1. The Bertz CT molecular complexity index is 1410. The van der Waals surface area contributed by atoms with Crippen molar-refractivity contribution in [3.8, 4) is 0 Å². The third-order valence-electron chi connectivity index (χ3n) is 7.75. The van der Waals surface area contributed by atoms with E-state index in [2.05, 4.69) is 15.5 Å². The lowest BCUT2D eigenvalue weighted by atomic mass is 9.84. The number of hydroxylamine groups is 2. The summed E-state index contributed by atoms with van der Waals surface area (Å²) in [5, 5.41) is 8.44. The summed E-state index contributed by atoms with van der Waals surface area (Å²) in [6, 6.07) is 11.2. The van der Waals surface area contributed by atoms with Crippen LogP contribution in [0.2, 0.25) is 0 Å². The predicted octanol–water partition coefficient (Wildman–Crippen LogP) is 5.39. The number of nitrogens with zero attached hydrogens (tertiary/aromatic N) is 5. The summed E-state index contributed by atoms with van der Waals surface area (Å²) >= 11 is 0. The average Bonchev–Trinajstić information content (AvgIpc) is 3.41. The second-order valence-electron chi connectivity index (χ2n) is 13.7. The monoisotopic (exact) mass is 610 g/mol. The maximum Gasteiger partial charge on any atom is 0.437 e. The van der Waals surface area contributed by atoms with E-state index in [9.17, 15) is 14.4 Å². The normalized spacial score (nSPS) is 21.0. The highest BCUT2D eigenvalue weighted by molar-refractivity contribution is 5.98. The minimum Gasteiger partial charge on any atom is -0.444 e. The van der Waals surface area contributed by atoms with Gasteiger partial charge in [0.25, 0.3) is 0 Å². The second-order valence-corrected chi connectivity index (χ2v) is 13.7. The van der Waals surface area contributed by atoms with Gasteiger partial charge in [-0.1, -0.05) is 35.5 Å². The van der Waals surface area contributed by atoms with Crippen molar-refractivity contribution in [3.63, 3.8) is 0 Å². The topological polar surface area (TPSA) is 139 Å². The van der Waals surface area contributed by atoms with Crippen molar-refractivity contribution >= 4 is 24.2 Å². The number of urea groups is 1. The molecule has 44 heavy (non-hydrogen) atoms. The van der Waals surface area contributed by atoms with Gasteiger partial charge >= 0.3 is 18.2 Å². The molecular weight excluding hydrogens is 568 g/mol. The summed E-state index contributed by atoms with van der Waals surface area (Å²) in [7, 11) is 1.64. The van der Waals surface area contributed by atoms with Gasteiger partial charge in [0.2, 0.25) is 5.96 Å². The third-order valence-corrected chi connectivity index (χ3v) is 7.75. The van der Waals surface area contributed by atoms with Crippen LogP contribution in [0.25, 0.3) is 0 Å². The molecule has 1 saturated carbocycles. The first-order valence-corrected chi connectivity index (χ1v) is 14.9. The summed E-state index contributed by atoms with van der Waals surface area (Å²) in [5.74, 6) is 0.381. The Balaban J connectivity index is 1.29. The molecule has 3 fully saturated rings. The van der Waals surface area contributed by atoms with Crippen LogP contribution in [0.3, 0.4) is 0 Å². The zero-order valence-corrected chi connectivity index (χ0v) is 26.5. The summed E-state index contributed by atoms with van der Waals surface area (Å²) in [6.07, 6.45) is 1.17. The first-order chi connectivity index (χ1) is 20.6. The molecule has 13 nitrogen and oxygen atoms in total. The molecule has 1 N–H and O–H groups in total. The fourth-order valence-electron chi connectivity index (χ4n) is 5.60. The molecule has 2 atom stereocenters. The van der Waals surface area contributed by atoms with E-state index in [1.165, 1.54) is 4.90 Å². The van der Waals surface area contributed by atoms with Gasteiger partial charge in [-0.25, -0.2) is 14.4 Å². The largest absolute Gasteiger partial charge is 0.444 e. The number of alkyl carbamates (subject to hydrolysis) is 1. The number of carbonyl (C=O) groups is 3. The lowest BCUT2D eigenvalue weighted by Crippen LogP contribution is -2.44.